The molecule has 5 nitrogen and oxygen atoms in total. The number of carbonyl (C=O) groups excluding carboxylic acids is 1. The van der Waals surface area contributed by atoms with E-state index in [9.17, 15) is 4.79 Å². The number of hydrogen-bond donors (Lipinski definition) is 0. The first-order chi connectivity index (χ1) is 8.54. The maximum absolute atomic E-state index is 11.8. The predicted molar refractivity (Wildman–Crippen MR) is 68.0 cm³/mol. The van der Waals surface area contributed by atoms with Crippen molar-refractivity contribution in [1.82, 2.24) is 14.6 Å². The zero-order valence-corrected chi connectivity index (χ0v) is 11.2. The molecular formula is C12H14ClN3O2. The molecule has 2 rings (SSSR count). The summed E-state index contributed by atoms with van der Waals surface area (Å²) in [6, 6.07) is 1.75. The third-order valence-corrected chi connectivity index (χ3v) is 2.80. The van der Waals surface area contributed by atoms with Crippen LogP contribution in [0.25, 0.3) is 5.65 Å². The highest BCUT2D eigenvalue weighted by Gasteiger charge is 2.18. The Balaban J connectivity index is 2.60. The number of fused-ring (bicyclic) bond motifs is 1. The molecule has 0 atom stereocenters. The minimum absolute atomic E-state index is 0.220. The minimum Gasteiger partial charge on any atom is -0.462 e. The quantitative estimate of drug-likeness (QED) is 0.634. The Morgan fingerprint density at radius 3 is 2.89 bits per heavy atom. The van der Waals surface area contributed by atoms with Crippen LogP contribution < -0.4 is 0 Å². The zero-order chi connectivity index (χ0) is 13.3. The highest BCUT2D eigenvalue weighted by atomic mass is 35.5. The standard InChI is InChI=1S/C12H14ClN3O2/c1-4-18-12(17)8-6-14-16-10(13)5-9(7(2)3)15-11(8)16/h5-7H,4H2,1-3H3. The number of rotatable bonds is 3. The van der Waals surface area contributed by atoms with E-state index in [0.29, 0.717) is 23.0 Å². The van der Waals surface area contributed by atoms with Gasteiger partial charge in [0.05, 0.1) is 12.8 Å². The van der Waals surface area contributed by atoms with Crippen molar-refractivity contribution in [3.05, 3.63) is 28.7 Å². The van der Waals surface area contributed by atoms with E-state index in [1.54, 1.807) is 13.0 Å². The van der Waals surface area contributed by atoms with Crippen molar-refractivity contribution >= 4 is 23.2 Å². The van der Waals surface area contributed by atoms with Crippen LogP contribution in [-0.2, 0) is 4.74 Å². The van der Waals surface area contributed by atoms with Gasteiger partial charge in [-0.3, -0.25) is 0 Å². The second-order valence-electron chi connectivity index (χ2n) is 4.17. The van der Waals surface area contributed by atoms with Crippen molar-refractivity contribution in [2.24, 2.45) is 0 Å². The molecule has 96 valence electrons. The van der Waals surface area contributed by atoms with Gasteiger partial charge in [-0.05, 0) is 18.9 Å². The Morgan fingerprint density at radius 1 is 1.56 bits per heavy atom. The predicted octanol–water partition coefficient (Wildman–Crippen LogP) is 2.68. The van der Waals surface area contributed by atoms with Gasteiger partial charge >= 0.3 is 5.97 Å². The molecule has 2 heterocycles. The first kappa shape index (κ1) is 12.8. The summed E-state index contributed by atoms with van der Waals surface area (Å²) >= 11 is 6.11. The molecule has 0 aliphatic heterocycles. The van der Waals surface area contributed by atoms with E-state index >= 15 is 0 Å². The molecule has 0 bridgehead atoms. The van der Waals surface area contributed by atoms with Crippen LogP contribution in [0, 0.1) is 0 Å². The van der Waals surface area contributed by atoms with Crippen molar-refractivity contribution in [2.75, 3.05) is 6.61 Å². The molecule has 2 aromatic heterocycles. The number of ether oxygens (including phenoxy) is 1. The molecular weight excluding hydrogens is 254 g/mol. The summed E-state index contributed by atoms with van der Waals surface area (Å²) in [7, 11) is 0. The number of esters is 1. The van der Waals surface area contributed by atoms with Gasteiger partial charge in [0.25, 0.3) is 0 Å². The lowest BCUT2D eigenvalue weighted by atomic mass is 10.1. The fourth-order valence-corrected chi connectivity index (χ4v) is 1.83. The second kappa shape index (κ2) is 4.94. The van der Waals surface area contributed by atoms with Crippen LogP contribution in [0.4, 0.5) is 0 Å². The molecule has 6 heteroatoms. The number of aromatic nitrogens is 3. The van der Waals surface area contributed by atoms with Crippen molar-refractivity contribution in [1.29, 1.82) is 0 Å². The Bertz CT molecular complexity index is 592. The summed E-state index contributed by atoms with van der Waals surface area (Å²) < 4.78 is 6.39. The van der Waals surface area contributed by atoms with Gasteiger partial charge in [-0.1, -0.05) is 25.4 Å². The van der Waals surface area contributed by atoms with E-state index < -0.39 is 5.97 Å². The highest BCUT2D eigenvalue weighted by Crippen LogP contribution is 2.21. The molecule has 0 spiro atoms. The molecule has 0 aromatic carbocycles. The normalized spacial score (nSPS) is 11.2. The van der Waals surface area contributed by atoms with Gasteiger partial charge in [-0.2, -0.15) is 5.10 Å². The summed E-state index contributed by atoms with van der Waals surface area (Å²) in [5.41, 5.74) is 1.59. The van der Waals surface area contributed by atoms with Gasteiger partial charge < -0.3 is 4.74 Å². The largest absolute Gasteiger partial charge is 0.462 e. The average molecular weight is 268 g/mol. The fraction of sp³-hybridized carbons (Fsp3) is 0.417. The van der Waals surface area contributed by atoms with Crippen molar-refractivity contribution in [3.8, 4) is 0 Å². The summed E-state index contributed by atoms with van der Waals surface area (Å²) in [5, 5.41) is 4.47. The summed E-state index contributed by atoms with van der Waals surface area (Å²) in [6.45, 7) is 6.09. The van der Waals surface area contributed by atoms with Gasteiger partial charge in [0.15, 0.2) is 5.65 Å². The summed E-state index contributed by atoms with van der Waals surface area (Å²) in [6.07, 6.45) is 1.43. The van der Waals surface area contributed by atoms with Crippen LogP contribution in [0.3, 0.4) is 0 Å². The lowest BCUT2D eigenvalue weighted by Crippen LogP contribution is -2.06. The number of nitrogens with zero attached hydrogens (tertiary/aromatic N) is 3. The Morgan fingerprint density at radius 2 is 2.28 bits per heavy atom. The smallest absolute Gasteiger partial charge is 0.343 e. The van der Waals surface area contributed by atoms with Gasteiger partial charge in [0.2, 0.25) is 0 Å². The van der Waals surface area contributed by atoms with E-state index in [2.05, 4.69) is 10.1 Å². The summed E-state index contributed by atoms with van der Waals surface area (Å²) in [4.78, 5) is 16.2. The Hall–Kier alpha value is -1.62. The number of hydrogen-bond acceptors (Lipinski definition) is 4. The molecule has 0 aliphatic rings. The molecule has 0 N–H and O–H groups in total. The van der Waals surface area contributed by atoms with Crippen molar-refractivity contribution in [2.45, 2.75) is 26.7 Å². The topological polar surface area (TPSA) is 56.5 Å². The third kappa shape index (κ3) is 2.18. The van der Waals surface area contributed by atoms with Crippen LogP contribution in [-0.4, -0.2) is 27.2 Å². The SMILES string of the molecule is CCOC(=O)c1cnn2c(Cl)cc(C(C)C)nc12. The second-order valence-corrected chi connectivity index (χ2v) is 4.56. The van der Waals surface area contributed by atoms with Crippen LogP contribution in [0.15, 0.2) is 12.3 Å². The lowest BCUT2D eigenvalue weighted by Gasteiger charge is -2.07. The van der Waals surface area contributed by atoms with Gasteiger partial charge in [0.1, 0.15) is 10.7 Å². The molecule has 0 fully saturated rings. The maximum atomic E-state index is 11.8. The Kier molecular flexibility index (Phi) is 3.52. The van der Waals surface area contributed by atoms with Gasteiger partial charge in [-0.25, -0.2) is 14.3 Å². The zero-order valence-electron chi connectivity index (χ0n) is 10.5. The molecule has 0 unspecified atom stereocenters. The van der Waals surface area contributed by atoms with Crippen LogP contribution in [0.5, 0.6) is 0 Å². The Labute approximate surface area is 110 Å². The van der Waals surface area contributed by atoms with Crippen LogP contribution >= 0.6 is 11.6 Å². The monoisotopic (exact) mass is 267 g/mol. The van der Waals surface area contributed by atoms with Crippen molar-refractivity contribution < 1.29 is 9.53 Å². The molecule has 0 saturated carbocycles. The molecule has 0 amide bonds. The number of carbonyl (C=O) groups is 1. The lowest BCUT2D eigenvalue weighted by molar-refractivity contribution is 0.0528. The van der Waals surface area contributed by atoms with Crippen molar-refractivity contribution in [3.63, 3.8) is 0 Å². The first-order valence-electron chi connectivity index (χ1n) is 5.76. The molecule has 0 aliphatic carbocycles. The van der Waals surface area contributed by atoms with Crippen LogP contribution in [0.1, 0.15) is 42.7 Å². The summed E-state index contributed by atoms with van der Waals surface area (Å²) in [5.74, 6) is -0.214. The van der Waals surface area contributed by atoms with E-state index in [4.69, 9.17) is 16.3 Å². The van der Waals surface area contributed by atoms with Gasteiger partial charge in [0, 0.05) is 5.69 Å². The van der Waals surface area contributed by atoms with E-state index in [0.717, 1.165) is 5.69 Å². The van der Waals surface area contributed by atoms with E-state index in [-0.39, 0.29) is 5.92 Å². The number of halogens is 1. The first-order valence-corrected chi connectivity index (χ1v) is 6.13. The average Bonchev–Trinajstić information content (AvgIpc) is 2.73. The highest BCUT2D eigenvalue weighted by molar-refractivity contribution is 6.29. The van der Waals surface area contributed by atoms with E-state index in [1.165, 1.54) is 10.7 Å². The fourth-order valence-electron chi connectivity index (χ4n) is 1.59. The maximum Gasteiger partial charge on any atom is 0.343 e. The molecule has 18 heavy (non-hydrogen) atoms. The molecule has 2 aromatic rings. The van der Waals surface area contributed by atoms with Gasteiger partial charge in [-0.15, -0.1) is 0 Å². The minimum atomic E-state index is -0.433. The third-order valence-electron chi connectivity index (χ3n) is 2.54. The molecule has 0 saturated heterocycles. The molecule has 0 radical (unpaired) electrons. The van der Waals surface area contributed by atoms with E-state index in [1.807, 2.05) is 13.8 Å². The van der Waals surface area contributed by atoms with Crippen LogP contribution in [0.2, 0.25) is 5.15 Å².